The zero-order valence-corrected chi connectivity index (χ0v) is 30.0. The summed E-state index contributed by atoms with van der Waals surface area (Å²) in [6, 6.07) is 65.8. The Hall–Kier alpha value is -7.36. The monoisotopic (exact) mass is 701 g/mol. The van der Waals surface area contributed by atoms with Crippen LogP contribution in [-0.4, -0.2) is 16.9 Å². The van der Waals surface area contributed by atoms with Crippen LogP contribution < -0.4 is 0 Å². The summed E-state index contributed by atoms with van der Waals surface area (Å²) in [5.74, 6) is 0. The van der Waals surface area contributed by atoms with Gasteiger partial charge in [0, 0.05) is 39.2 Å². The molecule has 0 bridgehead atoms. The van der Waals surface area contributed by atoms with Crippen molar-refractivity contribution < 1.29 is 0 Å². The van der Waals surface area contributed by atoms with E-state index in [9.17, 15) is 5.41 Å². The van der Waals surface area contributed by atoms with Gasteiger partial charge < -0.3 is 10.4 Å². The number of aromatic amines is 1. The number of allylic oxidation sites excluding steroid dienone is 1. The van der Waals surface area contributed by atoms with E-state index in [-0.39, 0.29) is 0 Å². The summed E-state index contributed by atoms with van der Waals surface area (Å²) in [5.41, 5.74) is 10.6. The van der Waals surface area contributed by atoms with Crippen molar-refractivity contribution in [2.75, 3.05) is 0 Å². The number of para-hydroxylation sites is 2. The highest BCUT2D eigenvalue weighted by molar-refractivity contribution is 6.21. The predicted molar refractivity (Wildman–Crippen MR) is 234 cm³/mol. The highest BCUT2D eigenvalue weighted by Gasteiger charge is 2.13. The fraction of sp³-hybridized carbons (Fsp3) is 0. The number of hydrogen-bond donors (Lipinski definition) is 2. The van der Waals surface area contributed by atoms with Crippen molar-refractivity contribution in [3.05, 3.63) is 211 Å². The normalized spacial score (nSPS) is 12.1. The van der Waals surface area contributed by atoms with Crippen molar-refractivity contribution in [3.8, 4) is 22.3 Å². The van der Waals surface area contributed by atoms with Gasteiger partial charge in [-0.3, -0.25) is 4.99 Å². The average molecular weight is 702 g/mol. The molecule has 0 saturated heterocycles. The SMILES string of the molecule is N=C(/C=C(\N=Cc1c2ccccc2cc2c1ccc1ccccc12)c1cccc(-c2cccc3c2[nH]c2ccccc23)c1)c1ccc(-c2ccccc2)cc1. The Kier molecular flexibility index (Phi) is 7.96. The molecule has 2 N–H and O–H groups in total. The van der Waals surface area contributed by atoms with Crippen LogP contribution in [0.1, 0.15) is 16.7 Å². The first-order chi connectivity index (χ1) is 27.2. The van der Waals surface area contributed by atoms with Crippen LogP contribution in [0.4, 0.5) is 0 Å². The van der Waals surface area contributed by atoms with Gasteiger partial charge in [0.05, 0.1) is 16.9 Å². The zero-order chi connectivity index (χ0) is 36.7. The maximum atomic E-state index is 9.35. The molecule has 3 heteroatoms. The number of aromatic nitrogens is 1. The van der Waals surface area contributed by atoms with Crippen LogP contribution >= 0.6 is 0 Å². The lowest BCUT2D eigenvalue weighted by atomic mass is 9.94. The molecule has 10 rings (SSSR count). The maximum Gasteiger partial charge on any atom is 0.0723 e. The molecule has 0 unspecified atom stereocenters. The molecular formula is C52H35N3. The molecule has 0 spiro atoms. The van der Waals surface area contributed by atoms with E-state index in [1.54, 1.807) is 0 Å². The van der Waals surface area contributed by atoms with Crippen molar-refractivity contribution in [2.24, 2.45) is 4.99 Å². The van der Waals surface area contributed by atoms with Gasteiger partial charge in [-0.05, 0) is 78.8 Å². The van der Waals surface area contributed by atoms with Crippen molar-refractivity contribution in [1.82, 2.24) is 4.98 Å². The Labute approximate surface area is 319 Å². The highest BCUT2D eigenvalue weighted by atomic mass is 14.7. The topological polar surface area (TPSA) is 52.0 Å². The number of fused-ring (bicyclic) bond motifs is 7. The number of benzene rings is 9. The Bertz CT molecular complexity index is 3150. The van der Waals surface area contributed by atoms with Crippen molar-refractivity contribution in [1.29, 1.82) is 5.41 Å². The number of nitrogens with zero attached hydrogens (tertiary/aromatic N) is 1. The van der Waals surface area contributed by atoms with Gasteiger partial charge >= 0.3 is 0 Å². The number of hydrogen-bond acceptors (Lipinski definition) is 2. The van der Waals surface area contributed by atoms with Crippen molar-refractivity contribution >= 4 is 71.7 Å². The summed E-state index contributed by atoms with van der Waals surface area (Å²) in [6.07, 6.45) is 3.90. The Morgan fingerprint density at radius 3 is 1.98 bits per heavy atom. The first-order valence-electron chi connectivity index (χ1n) is 18.6. The lowest BCUT2D eigenvalue weighted by Gasteiger charge is -2.12. The van der Waals surface area contributed by atoms with E-state index < -0.39 is 0 Å². The first kappa shape index (κ1) is 32.3. The quantitative estimate of drug-likeness (QED) is 0.0944. The molecule has 0 atom stereocenters. The summed E-state index contributed by atoms with van der Waals surface area (Å²) in [4.78, 5) is 8.97. The molecule has 0 saturated carbocycles. The van der Waals surface area contributed by atoms with Crippen LogP contribution in [0.15, 0.2) is 199 Å². The van der Waals surface area contributed by atoms with Crippen LogP contribution in [-0.2, 0) is 0 Å². The fourth-order valence-electron chi connectivity index (χ4n) is 7.98. The van der Waals surface area contributed by atoms with Crippen molar-refractivity contribution in [3.63, 3.8) is 0 Å². The molecule has 258 valence electrons. The fourth-order valence-corrected chi connectivity index (χ4v) is 7.98. The zero-order valence-electron chi connectivity index (χ0n) is 30.0. The van der Waals surface area contributed by atoms with E-state index in [0.29, 0.717) is 11.4 Å². The molecule has 9 aromatic carbocycles. The standard InChI is InChI=1S/C52H35N3/c53-49(37-26-24-35(25-27-37)34-12-2-1-3-13-34)32-51(40-17-10-16-38(30-40)43-21-11-22-46-45-20-8-9-23-50(45)55-52(43)46)54-33-48-42-19-7-5-15-39(42)31-47-41-18-6-4-14-36(41)28-29-44(47)48/h1-33,53,55H/b51-32-,53-49?,54-33?. The smallest absolute Gasteiger partial charge is 0.0723 e. The van der Waals surface area contributed by atoms with Gasteiger partial charge in [-0.1, -0.05) is 170 Å². The molecular weight excluding hydrogens is 667 g/mol. The van der Waals surface area contributed by atoms with Gasteiger partial charge in [-0.2, -0.15) is 0 Å². The van der Waals surface area contributed by atoms with E-state index in [4.69, 9.17) is 4.99 Å². The third-order valence-electron chi connectivity index (χ3n) is 10.7. The molecule has 0 radical (unpaired) electrons. The Balaban J connectivity index is 1.13. The number of H-pyrrole nitrogens is 1. The second-order valence-corrected chi connectivity index (χ2v) is 14.0. The Morgan fingerprint density at radius 1 is 0.455 bits per heavy atom. The number of aliphatic imine (C=N–C) groups is 1. The van der Waals surface area contributed by atoms with Gasteiger partial charge in [-0.15, -0.1) is 0 Å². The van der Waals surface area contributed by atoms with Crippen LogP contribution in [0.25, 0.3) is 82.1 Å². The second kappa shape index (κ2) is 13.6. The molecule has 0 fully saturated rings. The molecule has 0 aliphatic carbocycles. The minimum Gasteiger partial charge on any atom is -0.354 e. The summed E-state index contributed by atoms with van der Waals surface area (Å²) in [7, 11) is 0. The third kappa shape index (κ3) is 5.89. The molecule has 0 amide bonds. The second-order valence-electron chi connectivity index (χ2n) is 14.0. The van der Waals surface area contributed by atoms with E-state index in [2.05, 4.69) is 163 Å². The maximum absolute atomic E-state index is 9.35. The molecule has 55 heavy (non-hydrogen) atoms. The summed E-state index contributed by atoms with van der Waals surface area (Å²) >= 11 is 0. The van der Waals surface area contributed by atoms with E-state index in [0.717, 1.165) is 66.1 Å². The molecule has 0 aliphatic heterocycles. The minimum absolute atomic E-state index is 0.392. The number of rotatable bonds is 7. The van der Waals surface area contributed by atoms with E-state index in [1.165, 1.54) is 26.9 Å². The Morgan fingerprint density at radius 2 is 1.13 bits per heavy atom. The van der Waals surface area contributed by atoms with Gasteiger partial charge in [0.25, 0.3) is 0 Å². The molecule has 3 nitrogen and oxygen atoms in total. The van der Waals surface area contributed by atoms with E-state index in [1.807, 2.05) is 42.6 Å². The lowest BCUT2D eigenvalue weighted by molar-refractivity contribution is 1.46. The van der Waals surface area contributed by atoms with Gasteiger partial charge in [-0.25, -0.2) is 0 Å². The van der Waals surface area contributed by atoms with Gasteiger partial charge in [0.15, 0.2) is 0 Å². The highest BCUT2D eigenvalue weighted by Crippen LogP contribution is 2.36. The average Bonchev–Trinajstić information content (AvgIpc) is 3.64. The molecule has 10 aromatic rings. The molecule has 1 heterocycles. The minimum atomic E-state index is 0.392. The predicted octanol–water partition coefficient (Wildman–Crippen LogP) is 13.6. The van der Waals surface area contributed by atoms with Crippen molar-refractivity contribution in [2.45, 2.75) is 0 Å². The van der Waals surface area contributed by atoms with Crippen LogP contribution in [0, 0.1) is 5.41 Å². The summed E-state index contributed by atoms with van der Waals surface area (Å²) < 4.78 is 0. The first-order valence-corrected chi connectivity index (χ1v) is 18.6. The molecule has 1 aromatic heterocycles. The summed E-state index contributed by atoms with van der Waals surface area (Å²) in [6.45, 7) is 0. The largest absolute Gasteiger partial charge is 0.354 e. The lowest BCUT2D eigenvalue weighted by Crippen LogP contribution is -1.97. The van der Waals surface area contributed by atoms with Gasteiger partial charge in [0.2, 0.25) is 0 Å². The van der Waals surface area contributed by atoms with Crippen LogP contribution in [0.5, 0.6) is 0 Å². The third-order valence-corrected chi connectivity index (χ3v) is 10.7. The number of nitrogens with one attached hydrogen (secondary N) is 2. The summed E-state index contributed by atoms with van der Waals surface area (Å²) in [5, 5.41) is 18.8. The van der Waals surface area contributed by atoms with E-state index >= 15 is 0 Å². The van der Waals surface area contributed by atoms with Crippen LogP contribution in [0.2, 0.25) is 0 Å². The van der Waals surface area contributed by atoms with Crippen LogP contribution in [0.3, 0.4) is 0 Å². The van der Waals surface area contributed by atoms with Gasteiger partial charge in [0.1, 0.15) is 0 Å². The molecule has 0 aliphatic rings.